The van der Waals surface area contributed by atoms with E-state index in [1.54, 1.807) is 23.2 Å². The Hall–Kier alpha value is -4.69. The Labute approximate surface area is 297 Å². The molecule has 11 nitrogen and oxygen atoms in total. The summed E-state index contributed by atoms with van der Waals surface area (Å²) in [6, 6.07) is 20.9. The number of rotatable bonds is 11. The number of hydrogen-bond acceptors (Lipinski definition) is 8. The molecule has 0 unspecified atom stereocenters. The second kappa shape index (κ2) is 17.3. The Morgan fingerprint density at radius 1 is 0.940 bits per heavy atom. The van der Waals surface area contributed by atoms with Gasteiger partial charge in [-0.1, -0.05) is 12.1 Å². The number of nitrogens with one attached hydrogen (secondary N) is 3. The Morgan fingerprint density at radius 2 is 1.72 bits per heavy atom. The molecule has 0 spiro atoms. The number of aromatic nitrogens is 2. The average Bonchev–Trinajstić information content (AvgIpc) is 3.12. The van der Waals surface area contributed by atoms with Crippen LogP contribution in [-0.2, 0) is 11.3 Å². The summed E-state index contributed by atoms with van der Waals surface area (Å²) in [6.07, 6.45) is 4.94. The number of carbonyl (C=O) groups is 1. The van der Waals surface area contributed by atoms with Crippen LogP contribution in [0.4, 0.5) is 26.2 Å². The van der Waals surface area contributed by atoms with E-state index in [9.17, 15) is 9.18 Å². The van der Waals surface area contributed by atoms with Gasteiger partial charge in [0.15, 0.2) is 5.11 Å². The number of hydrogen-bond donors (Lipinski definition) is 3. The third kappa shape index (κ3) is 10.2. The molecule has 0 radical (unpaired) electrons. The monoisotopic (exact) mass is 698 g/mol. The lowest BCUT2D eigenvalue weighted by molar-refractivity contribution is 0.0389. The molecule has 2 aliphatic heterocycles. The van der Waals surface area contributed by atoms with Gasteiger partial charge in [0.05, 0.1) is 25.1 Å². The third-order valence-corrected chi connectivity index (χ3v) is 8.99. The predicted molar refractivity (Wildman–Crippen MR) is 197 cm³/mol. The second-order valence-electron chi connectivity index (χ2n) is 12.4. The molecule has 2 aromatic heterocycles. The van der Waals surface area contributed by atoms with Crippen molar-refractivity contribution in [3.8, 4) is 11.6 Å². The van der Waals surface area contributed by atoms with E-state index in [4.69, 9.17) is 21.7 Å². The zero-order valence-electron chi connectivity index (χ0n) is 28.2. The SMILES string of the molecule is Cc1ccc(NC(=O)N(c2cccc(F)c2)C2CCN(Cc3ccc(Oc4ccc(NC(=S)NCCN5CCOCC5)cc4)nc3)CC2)cn1. The van der Waals surface area contributed by atoms with Crippen molar-refractivity contribution in [2.75, 3.05) is 68.0 Å². The van der Waals surface area contributed by atoms with Gasteiger partial charge in [-0.2, -0.15) is 0 Å². The molecule has 2 aliphatic rings. The first kappa shape index (κ1) is 35.1. The van der Waals surface area contributed by atoms with Gasteiger partial charge in [-0.05, 0) is 92.1 Å². The molecule has 2 aromatic carbocycles. The molecule has 2 saturated heterocycles. The number of halogens is 1. The smallest absolute Gasteiger partial charge is 0.326 e. The molecule has 0 bridgehead atoms. The summed E-state index contributed by atoms with van der Waals surface area (Å²) >= 11 is 5.45. The Morgan fingerprint density at radius 3 is 2.42 bits per heavy atom. The molecule has 4 heterocycles. The van der Waals surface area contributed by atoms with Crippen LogP contribution in [0.2, 0.25) is 0 Å². The summed E-state index contributed by atoms with van der Waals surface area (Å²) in [5.74, 6) is 0.802. The van der Waals surface area contributed by atoms with Crippen LogP contribution in [0, 0.1) is 12.7 Å². The molecule has 0 aliphatic carbocycles. The molecule has 6 rings (SSSR count). The maximum atomic E-state index is 14.2. The standard InChI is InChI=1S/C37H43FN8O3S/c1-27-5-7-31(25-40-27)43-37(47)46(33-4-2-3-29(38)23-33)32-13-16-45(17-14-32)26-28-6-12-35(41-24-28)49-34-10-8-30(9-11-34)42-36(50)39-15-18-44-19-21-48-22-20-44/h2-12,23-25,32H,13-22,26H2,1H3,(H,43,47)(H2,39,42,50). The largest absolute Gasteiger partial charge is 0.439 e. The van der Waals surface area contributed by atoms with Gasteiger partial charge in [0.25, 0.3) is 0 Å². The van der Waals surface area contributed by atoms with E-state index >= 15 is 0 Å². The first-order valence-electron chi connectivity index (χ1n) is 17.0. The van der Waals surface area contributed by atoms with E-state index in [0.717, 1.165) is 88.8 Å². The van der Waals surface area contributed by atoms with Crippen LogP contribution in [0.1, 0.15) is 24.1 Å². The number of thiocarbonyl (C=S) groups is 1. The number of anilines is 3. The van der Waals surface area contributed by atoms with Crippen LogP contribution >= 0.6 is 12.2 Å². The fraction of sp³-hybridized carbons (Fsp3) is 0.351. The van der Waals surface area contributed by atoms with Crippen molar-refractivity contribution in [3.63, 3.8) is 0 Å². The average molecular weight is 699 g/mol. The highest BCUT2D eigenvalue weighted by Crippen LogP contribution is 2.27. The minimum Gasteiger partial charge on any atom is -0.439 e. The zero-order chi connectivity index (χ0) is 34.7. The highest BCUT2D eigenvalue weighted by molar-refractivity contribution is 7.80. The van der Waals surface area contributed by atoms with Crippen molar-refractivity contribution in [2.24, 2.45) is 0 Å². The number of urea groups is 1. The number of benzene rings is 2. The second-order valence-corrected chi connectivity index (χ2v) is 12.8. The van der Waals surface area contributed by atoms with Gasteiger partial charge < -0.3 is 25.4 Å². The minimum atomic E-state index is -0.382. The maximum absolute atomic E-state index is 14.2. The predicted octanol–water partition coefficient (Wildman–Crippen LogP) is 6.04. The molecule has 0 atom stereocenters. The lowest BCUT2D eigenvalue weighted by atomic mass is 10.0. The lowest BCUT2D eigenvalue weighted by Gasteiger charge is -2.38. The van der Waals surface area contributed by atoms with Gasteiger partial charge >= 0.3 is 6.03 Å². The van der Waals surface area contributed by atoms with E-state index < -0.39 is 0 Å². The highest BCUT2D eigenvalue weighted by Gasteiger charge is 2.30. The maximum Gasteiger partial charge on any atom is 0.326 e. The van der Waals surface area contributed by atoms with E-state index in [0.29, 0.717) is 28.1 Å². The normalized spacial score (nSPS) is 15.6. The topological polar surface area (TPSA) is 107 Å². The van der Waals surface area contributed by atoms with Crippen molar-refractivity contribution >= 4 is 40.4 Å². The van der Waals surface area contributed by atoms with Crippen LogP contribution in [0.5, 0.6) is 11.6 Å². The summed E-state index contributed by atoms with van der Waals surface area (Å²) in [4.78, 5) is 28.7. The summed E-state index contributed by atoms with van der Waals surface area (Å²) < 4.78 is 25.6. The number of morpholine rings is 1. The summed E-state index contributed by atoms with van der Waals surface area (Å²) in [7, 11) is 0. The Balaban J connectivity index is 0.964. The number of aryl methyl sites for hydroxylation is 1. The molecule has 13 heteroatoms. The minimum absolute atomic E-state index is 0.0888. The number of ether oxygens (including phenoxy) is 2. The van der Waals surface area contributed by atoms with Crippen molar-refractivity contribution < 1.29 is 18.7 Å². The lowest BCUT2D eigenvalue weighted by Crippen LogP contribution is -2.49. The van der Waals surface area contributed by atoms with Crippen molar-refractivity contribution in [2.45, 2.75) is 32.4 Å². The fourth-order valence-corrected chi connectivity index (χ4v) is 6.28. The van der Waals surface area contributed by atoms with E-state index in [1.165, 1.54) is 12.1 Å². The molecule has 2 amide bonds. The van der Waals surface area contributed by atoms with E-state index in [1.807, 2.05) is 61.7 Å². The molecular formula is C37H43FN8O3S. The van der Waals surface area contributed by atoms with Gasteiger partial charge in [-0.3, -0.25) is 19.7 Å². The molecular weight excluding hydrogens is 656 g/mol. The van der Waals surface area contributed by atoms with Crippen molar-refractivity contribution in [1.29, 1.82) is 0 Å². The Kier molecular flexibility index (Phi) is 12.2. The summed E-state index contributed by atoms with van der Waals surface area (Å²) in [6.45, 7) is 9.35. The van der Waals surface area contributed by atoms with Gasteiger partial charge in [0, 0.05) is 81.2 Å². The summed E-state index contributed by atoms with van der Waals surface area (Å²) in [5.41, 5.74) is 3.92. The zero-order valence-corrected chi connectivity index (χ0v) is 29.0. The van der Waals surface area contributed by atoms with Gasteiger partial charge in [-0.25, -0.2) is 14.2 Å². The summed E-state index contributed by atoms with van der Waals surface area (Å²) in [5, 5.41) is 9.99. The van der Waals surface area contributed by atoms with Crippen LogP contribution < -0.4 is 25.6 Å². The fourth-order valence-electron chi connectivity index (χ4n) is 6.06. The number of likely N-dealkylation sites (tertiary alicyclic amines) is 1. The van der Waals surface area contributed by atoms with E-state index in [2.05, 4.69) is 35.7 Å². The van der Waals surface area contributed by atoms with Crippen LogP contribution in [-0.4, -0.2) is 89.4 Å². The quantitative estimate of drug-likeness (QED) is 0.161. The highest BCUT2D eigenvalue weighted by atomic mass is 32.1. The van der Waals surface area contributed by atoms with Crippen LogP contribution in [0.15, 0.2) is 85.2 Å². The van der Waals surface area contributed by atoms with Crippen LogP contribution in [0.25, 0.3) is 0 Å². The van der Waals surface area contributed by atoms with Gasteiger partial charge in [0.2, 0.25) is 5.88 Å². The number of nitrogens with zero attached hydrogens (tertiary/aromatic N) is 5. The number of amides is 2. The van der Waals surface area contributed by atoms with Crippen molar-refractivity contribution in [3.05, 3.63) is 102 Å². The van der Waals surface area contributed by atoms with Crippen LogP contribution in [0.3, 0.4) is 0 Å². The first-order chi connectivity index (χ1) is 24.4. The Bertz CT molecular complexity index is 1700. The molecule has 50 heavy (non-hydrogen) atoms. The molecule has 2 fully saturated rings. The number of carbonyl (C=O) groups excluding carboxylic acids is 1. The molecule has 3 N–H and O–H groups in total. The van der Waals surface area contributed by atoms with Gasteiger partial charge in [-0.15, -0.1) is 0 Å². The first-order valence-corrected chi connectivity index (χ1v) is 17.4. The van der Waals surface area contributed by atoms with Gasteiger partial charge in [0.1, 0.15) is 11.6 Å². The third-order valence-electron chi connectivity index (χ3n) is 8.75. The molecule has 0 saturated carbocycles. The molecule has 262 valence electrons. The molecule has 4 aromatic rings. The number of piperidine rings is 1. The van der Waals surface area contributed by atoms with E-state index in [-0.39, 0.29) is 17.9 Å². The van der Waals surface area contributed by atoms with Crippen molar-refractivity contribution in [1.82, 2.24) is 25.1 Å². The number of pyridine rings is 2.